The Balaban J connectivity index is 1.76. The minimum Gasteiger partial charge on any atom is -0.497 e. The number of aryl methyl sites for hydroxylation is 1. The molecule has 0 saturated heterocycles. The highest BCUT2D eigenvalue weighted by Gasteiger charge is 2.30. The molecule has 1 aliphatic rings. The largest absolute Gasteiger partial charge is 0.497 e. The van der Waals surface area contributed by atoms with Crippen molar-refractivity contribution in [1.29, 1.82) is 0 Å². The quantitative estimate of drug-likeness (QED) is 0.486. The minimum atomic E-state index is -0.487. The molecule has 2 aromatic rings. The van der Waals surface area contributed by atoms with Gasteiger partial charge in [0.1, 0.15) is 5.75 Å². The maximum Gasteiger partial charge on any atom is 0.248 e. The van der Waals surface area contributed by atoms with Crippen molar-refractivity contribution in [2.75, 3.05) is 42.9 Å². The highest BCUT2D eigenvalue weighted by Crippen LogP contribution is 2.35. The van der Waals surface area contributed by atoms with E-state index in [1.165, 1.54) is 5.56 Å². The average Bonchev–Trinajstić information content (AvgIpc) is 2.93. The van der Waals surface area contributed by atoms with Crippen LogP contribution in [0.4, 0.5) is 5.69 Å². The molecule has 0 bridgehead atoms. The molecule has 0 saturated carbocycles. The lowest BCUT2D eigenvalue weighted by atomic mass is 10.1. The molecule has 0 fully saturated rings. The number of rotatable bonds is 11. The number of ether oxygens (including phenoxy) is 1. The van der Waals surface area contributed by atoms with Crippen LogP contribution < -0.4 is 20.7 Å². The second-order valence-corrected chi connectivity index (χ2v) is 9.70. The van der Waals surface area contributed by atoms with Gasteiger partial charge in [0.05, 0.1) is 18.8 Å². The minimum absolute atomic E-state index is 0.0525. The molecule has 172 valence electrons. The van der Waals surface area contributed by atoms with Crippen molar-refractivity contribution in [2.24, 2.45) is 5.73 Å². The van der Waals surface area contributed by atoms with Gasteiger partial charge in [-0.25, -0.2) is 0 Å². The van der Waals surface area contributed by atoms with Crippen molar-refractivity contribution in [3.05, 3.63) is 53.6 Å². The molecule has 3 rings (SSSR count). The fourth-order valence-electron chi connectivity index (χ4n) is 3.66. The Morgan fingerprint density at radius 3 is 2.72 bits per heavy atom. The summed E-state index contributed by atoms with van der Waals surface area (Å²) >= 11 is 3.45. The lowest BCUT2D eigenvalue weighted by Crippen LogP contribution is -2.48. The molecular weight excluding hydrogens is 442 g/mol. The van der Waals surface area contributed by atoms with E-state index in [2.05, 4.69) is 11.6 Å². The van der Waals surface area contributed by atoms with Gasteiger partial charge >= 0.3 is 0 Å². The van der Waals surface area contributed by atoms with Crippen LogP contribution in [0, 0.1) is 0 Å². The van der Waals surface area contributed by atoms with Crippen LogP contribution in [-0.4, -0.2) is 55.8 Å². The first kappa shape index (κ1) is 24.5. The van der Waals surface area contributed by atoms with Crippen molar-refractivity contribution in [2.45, 2.75) is 30.2 Å². The van der Waals surface area contributed by atoms with Crippen molar-refractivity contribution in [3.63, 3.8) is 0 Å². The Morgan fingerprint density at radius 2 is 2.03 bits per heavy atom. The third-order valence-corrected chi connectivity index (χ3v) is 7.28. The van der Waals surface area contributed by atoms with Crippen molar-refractivity contribution < 1.29 is 14.3 Å². The summed E-state index contributed by atoms with van der Waals surface area (Å²) in [4.78, 5) is 28.1. The van der Waals surface area contributed by atoms with Crippen LogP contribution >= 0.6 is 23.5 Å². The van der Waals surface area contributed by atoms with Crippen molar-refractivity contribution in [1.82, 2.24) is 5.32 Å². The van der Waals surface area contributed by atoms with Crippen LogP contribution in [0.2, 0.25) is 0 Å². The number of nitrogens with one attached hydrogen (secondary N) is 1. The van der Waals surface area contributed by atoms with Crippen LogP contribution in [-0.2, 0) is 11.2 Å². The van der Waals surface area contributed by atoms with Crippen LogP contribution in [0.3, 0.4) is 0 Å². The Labute approximate surface area is 198 Å². The first-order valence-corrected chi connectivity index (χ1v) is 13.1. The number of nitrogens with two attached hydrogens (primary N) is 1. The van der Waals surface area contributed by atoms with Crippen molar-refractivity contribution >= 4 is 41.0 Å². The van der Waals surface area contributed by atoms with Gasteiger partial charge in [-0.1, -0.05) is 12.1 Å². The second-order valence-electron chi connectivity index (χ2n) is 7.65. The Hall–Kier alpha value is -2.16. The fourth-order valence-corrected chi connectivity index (χ4v) is 5.18. The van der Waals surface area contributed by atoms with Gasteiger partial charge in [-0.3, -0.25) is 9.59 Å². The number of primary amides is 1. The highest BCUT2D eigenvalue weighted by molar-refractivity contribution is 7.99. The van der Waals surface area contributed by atoms with Crippen molar-refractivity contribution in [3.8, 4) is 5.75 Å². The number of hydrogen-bond donors (Lipinski definition) is 2. The van der Waals surface area contributed by atoms with Gasteiger partial charge in [0.25, 0.3) is 0 Å². The van der Waals surface area contributed by atoms with E-state index in [1.54, 1.807) is 42.8 Å². The summed E-state index contributed by atoms with van der Waals surface area (Å²) in [6.45, 7) is 1.38. The molecule has 0 aromatic heterocycles. The number of amides is 2. The number of anilines is 1. The van der Waals surface area contributed by atoms with Crippen LogP contribution in [0.15, 0.2) is 47.4 Å². The predicted molar refractivity (Wildman–Crippen MR) is 134 cm³/mol. The molecule has 2 aromatic carbocycles. The second kappa shape index (κ2) is 12.2. The third kappa shape index (κ3) is 6.43. The predicted octanol–water partition coefficient (Wildman–Crippen LogP) is 3.58. The van der Waals surface area contributed by atoms with E-state index < -0.39 is 5.91 Å². The zero-order chi connectivity index (χ0) is 22.9. The molecular formula is C24H31N3O3S2. The molecule has 32 heavy (non-hydrogen) atoms. The van der Waals surface area contributed by atoms with Gasteiger partial charge in [-0.15, -0.1) is 11.8 Å². The smallest absolute Gasteiger partial charge is 0.248 e. The summed E-state index contributed by atoms with van der Waals surface area (Å²) in [5.41, 5.74) is 7.91. The zero-order valence-corrected chi connectivity index (χ0v) is 20.3. The molecule has 2 amide bonds. The highest BCUT2D eigenvalue weighted by atomic mass is 32.2. The van der Waals surface area contributed by atoms with E-state index in [0.29, 0.717) is 17.9 Å². The number of benzene rings is 2. The molecule has 0 aliphatic carbocycles. The maximum absolute atomic E-state index is 13.5. The number of methoxy groups -OCH3 is 1. The molecule has 0 radical (unpaired) electrons. The summed E-state index contributed by atoms with van der Waals surface area (Å²) < 4.78 is 5.22. The summed E-state index contributed by atoms with van der Waals surface area (Å²) in [5, 5.41) is 3.44. The van der Waals surface area contributed by atoms with Crippen LogP contribution in [0.5, 0.6) is 5.75 Å². The van der Waals surface area contributed by atoms with Gasteiger partial charge in [-0.05, 0) is 73.7 Å². The van der Waals surface area contributed by atoms with Crippen LogP contribution in [0.1, 0.15) is 28.8 Å². The Morgan fingerprint density at radius 1 is 1.25 bits per heavy atom. The topological polar surface area (TPSA) is 84.7 Å². The van der Waals surface area contributed by atoms with E-state index in [9.17, 15) is 9.59 Å². The van der Waals surface area contributed by atoms with E-state index in [1.807, 2.05) is 35.2 Å². The molecule has 0 spiro atoms. The molecule has 0 unspecified atom stereocenters. The third-order valence-electron chi connectivity index (χ3n) is 5.43. The molecule has 1 aliphatic heterocycles. The van der Waals surface area contributed by atoms with E-state index in [4.69, 9.17) is 10.5 Å². The van der Waals surface area contributed by atoms with Crippen LogP contribution in [0.25, 0.3) is 0 Å². The Bertz CT molecular complexity index is 921. The summed E-state index contributed by atoms with van der Waals surface area (Å²) in [6, 6.07) is 13.1. The number of carbonyl (C=O) groups is 2. The number of nitrogens with zero attached hydrogens (tertiary/aromatic N) is 1. The van der Waals surface area contributed by atoms with Gasteiger partial charge < -0.3 is 20.7 Å². The maximum atomic E-state index is 13.5. The van der Waals surface area contributed by atoms with E-state index in [0.717, 1.165) is 47.9 Å². The molecule has 1 atom stereocenters. The number of carbonyl (C=O) groups excluding carboxylic acids is 2. The number of hydrogen-bond acceptors (Lipinski definition) is 6. The first-order chi connectivity index (χ1) is 15.5. The normalized spacial score (nSPS) is 15.9. The lowest BCUT2D eigenvalue weighted by molar-refractivity contribution is -0.120. The monoisotopic (exact) mass is 473 g/mol. The molecule has 8 heteroatoms. The fraction of sp³-hybridized carbons (Fsp3) is 0.417. The SMILES string of the molecule is COc1ccc(CCCN2C(=O)[C@@H](NCCCSC)CSc3ccc(C(N)=O)cc32)cc1. The average molecular weight is 474 g/mol. The van der Waals surface area contributed by atoms with E-state index >= 15 is 0 Å². The van der Waals surface area contributed by atoms with Gasteiger partial charge in [0, 0.05) is 22.8 Å². The zero-order valence-electron chi connectivity index (χ0n) is 18.6. The van der Waals surface area contributed by atoms with Gasteiger partial charge in [0.2, 0.25) is 11.8 Å². The molecule has 3 N–H and O–H groups in total. The number of fused-ring (bicyclic) bond motifs is 1. The van der Waals surface area contributed by atoms with E-state index in [-0.39, 0.29) is 11.9 Å². The summed E-state index contributed by atoms with van der Waals surface area (Å²) in [7, 11) is 1.65. The summed E-state index contributed by atoms with van der Waals surface area (Å²) in [6.07, 6.45) is 4.76. The standard InChI is InChI=1S/C24H31N3O3S2/c1-30-19-9-6-17(7-10-19)5-3-13-27-21-15-18(23(25)28)8-11-22(21)32-16-20(24(27)29)26-12-4-14-31-2/h6-11,15,20,26H,3-5,12-14,16H2,1-2H3,(H2,25,28)/t20-/m0/s1. The lowest BCUT2D eigenvalue weighted by Gasteiger charge is -2.26. The summed E-state index contributed by atoms with van der Waals surface area (Å²) in [5.74, 6) is 2.12. The number of thioether (sulfide) groups is 2. The Kier molecular flexibility index (Phi) is 9.32. The van der Waals surface area contributed by atoms with Gasteiger partial charge in [0.15, 0.2) is 0 Å². The molecule has 6 nitrogen and oxygen atoms in total. The molecule has 1 heterocycles. The first-order valence-electron chi connectivity index (χ1n) is 10.8. The van der Waals surface area contributed by atoms with Gasteiger partial charge in [-0.2, -0.15) is 11.8 Å².